The van der Waals surface area contributed by atoms with Crippen molar-refractivity contribution in [3.05, 3.63) is 63.6 Å². The van der Waals surface area contributed by atoms with Crippen molar-refractivity contribution in [3.8, 4) is 0 Å². The fourth-order valence-electron chi connectivity index (χ4n) is 2.22. The molecule has 0 spiro atoms. The molecule has 2 rings (SSSR count). The highest BCUT2D eigenvalue weighted by molar-refractivity contribution is 7.92. The number of anilines is 1. The Morgan fingerprint density at radius 1 is 1.21 bits per heavy atom. The van der Waals surface area contributed by atoms with Crippen molar-refractivity contribution < 1.29 is 21.6 Å². The van der Waals surface area contributed by atoms with Gasteiger partial charge in [0.15, 0.2) is 0 Å². The Bertz CT molecular complexity index is 918. The SMILES string of the molecule is Cc1cc(NS(C)(=O)=O)c(=O)n(Cc2cccc(C(F)(F)F)c2)c1. The molecule has 9 heteroatoms. The van der Waals surface area contributed by atoms with E-state index < -0.39 is 27.3 Å². The van der Waals surface area contributed by atoms with Gasteiger partial charge in [-0.05, 0) is 36.2 Å². The Labute approximate surface area is 136 Å². The van der Waals surface area contributed by atoms with Crippen molar-refractivity contribution in [2.75, 3.05) is 11.0 Å². The monoisotopic (exact) mass is 360 g/mol. The summed E-state index contributed by atoms with van der Waals surface area (Å²) in [6, 6.07) is 5.99. The third-order valence-electron chi connectivity index (χ3n) is 3.13. The fourth-order valence-corrected chi connectivity index (χ4v) is 2.76. The van der Waals surface area contributed by atoms with Gasteiger partial charge in [0, 0.05) is 6.20 Å². The van der Waals surface area contributed by atoms with Crippen LogP contribution in [0.2, 0.25) is 0 Å². The van der Waals surface area contributed by atoms with Gasteiger partial charge in [0.05, 0.1) is 18.4 Å². The van der Waals surface area contributed by atoms with Crippen LogP contribution < -0.4 is 10.3 Å². The number of aryl methyl sites for hydroxylation is 1. The summed E-state index contributed by atoms with van der Waals surface area (Å²) in [5, 5.41) is 0. The second-order valence-electron chi connectivity index (χ2n) is 5.44. The number of nitrogens with zero attached hydrogens (tertiary/aromatic N) is 1. The number of hydrogen-bond donors (Lipinski definition) is 1. The maximum absolute atomic E-state index is 12.8. The van der Waals surface area contributed by atoms with Crippen LogP contribution >= 0.6 is 0 Å². The summed E-state index contributed by atoms with van der Waals surface area (Å²) in [5.74, 6) is 0. The molecule has 5 nitrogen and oxygen atoms in total. The number of aromatic nitrogens is 1. The Balaban J connectivity index is 2.42. The molecule has 0 aliphatic heterocycles. The molecule has 0 fully saturated rings. The normalized spacial score (nSPS) is 12.2. The second kappa shape index (κ2) is 6.31. The predicted molar refractivity (Wildman–Crippen MR) is 84.5 cm³/mol. The van der Waals surface area contributed by atoms with Gasteiger partial charge in [0.25, 0.3) is 5.56 Å². The van der Waals surface area contributed by atoms with Crippen molar-refractivity contribution in [1.82, 2.24) is 4.57 Å². The summed E-state index contributed by atoms with van der Waals surface area (Å²) in [6.07, 6.45) is -2.11. The van der Waals surface area contributed by atoms with Gasteiger partial charge in [0.2, 0.25) is 10.0 Å². The van der Waals surface area contributed by atoms with Crippen LogP contribution in [0.15, 0.2) is 41.3 Å². The average Bonchev–Trinajstić information content (AvgIpc) is 2.42. The highest BCUT2D eigenvalue weighted by Crippen LogP contribution is 2.29. The average molecular weight is 360 g/mol. The van der Waals surface area contributed by atoms with Gasteiger partial charge in [-0.1, -0.05) is 12.1 Å². The van der Waals surface area contributed by atoms with Gasteiger partial charge in [-0.2, -0.15) is 13.2 Å². The third kappa shape index (κ3) is 4.60. The number of hydrogen-bond acceptors (Lipinski definition) is 3. The Kier molecular flexibility index (Phi) is 4.75. The molecule has 24 heavy (non-hydrogen) atoms. The summed E-state index contributed by atoms with van der Waals surface area (Å²) < 4.78 is 64.1. The summed E-state index contributed by atoms with van der Waals surface area (Å²) in [5.41, 5.74) is -0.723. The molecule has 0 aliphatic rings. The van der Waals surface area contributed by atoms with Crippen LogP contribution in [-0.4, -0.2) is 19.2 Å². The number of alkyl halides is 3. The van der Waals surface area contributed by atoms with Gasteiger partial charge in [0.1, 0.15) is 5.69 Å². The number of pyridine rings is 1. The molecular weight excluding hydrogens is 345 g/mol. The smallest absolute Gasteiger partial charge is 0.309 e. The van der Waals surface area contributed by atoms with E-state index in [4.69, 9.17) is 0 Å². The summed E-state index contributed by atoms with van der Waals surface area (Å²) in [7, 11) is -3.64. The van der Waals surface area contributed by atoms with E-state index in [0.717, 1.165) is 18.4 Å². The minimum atomic E-state index is -4.48. The van der Waals surface area contributed by atoms with Crippen molar-refractivity contribution in [2.45, 2.75) is 19.6 Å². The topological polar surface area (TPSA) is 68.2 Å². The molecule has 1 N–H and O–H groups in total. The highest BCUT2D eigenvalue weighted by Gasteiger charge is 2.30. The molecule has 0 saturated heterocycles. The van der Waals surface area contributed by atoms with Crippen LogP contribution in [0.5, 0.6) is 0 Å². The zero-order valence-electron chi connectivity index (χ0n) is 12.9. The van der Waals surface area contributed by atoms with Gasteiger partial charge < -0.3 is 4.57 Å². The number of rotatable bonds is 4. The molecule has 0 bridgehead atoms. The largest absolute Gasteiger partial charge is 0.416 e. The van der Waals surface area contributed by atoms with Crippen molar-refractivity contribution >= 4 is 15.7 Å². The molecule has 1 heterocycles. The molecule has 0 atom stereocenters. The zero-order valence-corrected chi connectivity index (χ0v) is 13.7. The van der Waals surface area contributed by atoms with Crippen LogP contribution in [0.4, 0.5) is 18.9 Å². The van der Waals surface area contributed by atoms with E-state index in [-0.39, 0.29) is 17.8 Å². The fraction of sp³-hybridized carbons (Fsp3) is 0.267. The molecule has 0 amide bonds. The molecule has 0 radical (unpaired) electrons. The molecule has 0 saturated carbocycles. The Morgan fingerprint density at radius 3 is 2.46 bits per heavy atom. The van der Waals surface area contributed by atoms with Crippen LogP contribution in [0.25, 0.3) is 0 Å². The summed E-state index contributed by atoms with van der Waals surface area (Å²) in [6.45, 7) is 1.54. The Hall–Kier alpha value is -2.29. The van der Waals surface area contributed by atoms with Crippen LogP contribution in [0.1, 0.15) is 16.7 Å². The van der Waals surface area contributed by atoms with Gasteiger partial charge >= 0.3 is 6.18 Å². The van der Waals surface area contributed by atoms with E-state index in [1.165, 1.54) is 29.0 Å². The van der Waals surface area contributed by atoms with Gasteiger partial charge in [-0.3, -0.25) is 9.52 Å². The summed E-state index contributed by atoms with van der Waals surface area (Å²) >= 11 is 0. The van der Waals surface area contributed by atoms with Crippen LogP contribution in [-0.2, 0) is 22.7 Å². The lowest BCUT2D eigenvalue weighted by Crippen LogP contribution is -2.26. The van der Waals surface area contributed by atoms with E-state index in [1.54, 1.807) is 6.92 Å². The molecule has 0 unspecified atom stereocenters. The minimum Gasteiger partial charge on any atom is -0.309 e. The van der Waals surface area contributed by atoms with Gasteiger partial charge in [-0.25, -0.2) is 8.42 Å². The zero-order chi connectivity index (χ0) is 18.1. The van der Waals surface area contributed by atoms with Crippen molar-refractivity contribution in [1.29, 1.82) is 0 Å². The first-order chi connectivity index (χ1) is 11.0. The van der Waals surface area contributed by atoms with E-state index >= 15 is 0 Å². The lowest BCUT2D eigenvalue weighted by Gasteiger charge is -2.12. The number of sulfonamides is 1. The third-order valence-corrected chi connectivity index (χ3v) is 3.72. The first kappa shape index (κ1) is 18.1. The van der Waals surface area contributed by atoms with Gasteiger partial charge in [-0.15, -0.1) is 0 Å². The van der Waals surface area contributed by atoms with Crippen molar-refractivity contribution in [2.24, 2.45) is 0 Å². The predicted octanol–water partition coefficient (Wildman–Crippen LogP) is 2.60. The first-order valence-electron chi connectivity index (χ1n) is 6.81. The molecule has 2 aromatic rings. The molecular formula is C15H15F3N2O3S. The molecule has 1 aromatic carbocycles. The maximum Gasteiger partial charge on any atom is 0.416 e. The van der Waals surface area contributed by atoms with Crippen molar-refractivity contribution in [3.63, 3.8) is 0 Å². The quantitative estimate of drug-likeness (QED) is 0.911. The molecule has 1 aromatic heterocycles. The lowest BCUT2D eigenvalue weighted by molar-refractivity contribution is -0.137. The highest BCUT2D eigenvalue weighted by atomic mass is 32.2. The molecule has 130 valence electrons. The van der Waals surface area contributed by atoms with E-state index in [0.29, 0.717) is 5.56 Å². The molecule has 0 aliphatic carbocycles. The number of nitrogens with one attached hydrogen (secondary N) is 1. The standard InChI is InChI=1S/C15H15F3N2O3S/c1-10-6-13(19-24(2,22)23)14(21)20(8-10)9-11-4-3-5-12(7-11)15(16,17)18/h3-8,19H,9H2,1-2H3. The number of halogens is 3. The number of benzene rings is 1. The maximum atomic E-state index is 12.8. The Morgan fingerprint density at radius 2 is 1.88 bits per heavy atom. The summed E-state index contributed by atoms with van der Waals surface area (Å²) in [4.78, 5) is 12.3. The van der Waals surface area contributed by atoms with E-state index in [9.17, 15) is 26.4 Å². The second-order valence-corrected chi connectivity index (χ2v) is 7.19. The lowest BCUT2D eigenvalue weighted by atomic mass is 10.1. The minimum absolute atomic E-state index is 0.108. The van der Waals surface area contributed by atoms with E-state index in [1.807, 2.05) is 0 Å². The van der Waals surface area contributed by atoms with E-state index in [2.05, 4.69) is 4.72 Å². The first-order valence-corrected chi connectivity index (χ1v) is 8.70. The van der Waals surface area contributed by atoms with Crippen LogP contribution in [0.3, 0.4) is 0 Å². The van der Waals surface area contributed by atoms with Crippen LogP contribution in [0, 0.1) is 6.92 Å².